The van der Waals surface area contributed by atoms with Crippen LogP contribution in [0.4, 0.5) is 0 Å². The Bertz CT molecular complexity index is 710. The number of rotatable bonds is 5. The number of benzene rings is 2. The fourth-order valence-electron chi connectivity index (χ4n) is 2.53. The van der Waals surface area contributed by atoms with E-state index in [1.165, 1.54) is 0 Å². The van der Waals surface area contributed by atoms with E-state index in [2.05, 4.69) is 0 Å². The molecule has 0 unspecified atom stereocenters. The van der Waals surface area contributed by atoms with Gasteiger partial charge in [-0.3, -0.25) is 4.79 Å². The average Bonchev–Trinajstić information content (AvgIpc) is 2.54. The van der Waals surface area contributed by atoms with Crippen LogP contribution in [-0.2, 0) is 6.54 Å². The smallest absolute Gasteiger partial charge is 0.254 e. The minimum absolute atomic E-state index is 0.0492. The summed E-state index contributed by atoms with van der Waals surface area (Å²) in [7, 11) is 5.04. The highest BCUT2D eigenvalue weighted by atomic mass is 16.5. The van der Waals surface area contributed by atoms with Crippen LogP contribution in [0.1, 0.15) is 27.0 Å². The van der Waals surface area contributed by atoms with Gasteiger partial charge in [0.25, 0.3) is 5.91 Å². The van der Waals surface area contributed by atoms with Crippen molar-refractivity contribution in [3.63, 3.8) is 0 Å². The molecule has 4 heteroatoms. The molecular weight excluding hydrogens is 290 g/mol. The molecule has 4 nitrogen and oxygen atoms in total. The lowest BCUT2D eigenvalue weighted by Crippen LogP contribution is -2.26. The van der Waals surface area contributed by atoms with E-state index in [1.54, 1.807) is 32.2 Å². The highest BCUT2D eigenvalue weighted by molar-refractivity contribution is 5.94. The molecule has 0 aromatic heterocycles. The van der Waals surface area contributed by atoms with Crippen LogP contribution in [0.15, 0.2) is 36.4 Å². The molecule has 0 aliphatic rings. The quantitative estimate of drug-likeness (QED) is 0.846. The number of methoxy groups -OCH3 is 2. The molecule has 122 valence electrons. The summed E-state index contributed by atoms with van der Waals surface area (Å²) in [6.45, 7) is 4.46. The van der Waals surface area contributed by atoms with Gasteiger partial charge in [-0.25, -0.2) is 0 Å². The van der Waals surface area contributed by atoms with Crippen molar-refractivity contribution in [1.29, 1.82) is 0 Å². The van der Waals surface area contributed by atoms with Gasteiger partial charge >= 0.3 is 0 Å². The molecule has 0 spiro atoms. The summed E-state index contributed by atoms with van der Waals surface area (Å²) >= 11 is 0. The highest BCUT2D eigenvalue weighted by Gasteiger charge is 2.15. The minimum Gasteiger partial charge on any atom is -0.496 e. The lowest BCUT2D eigenvalue weighted by molar-refractivity contribution is 0.0784. The number of ether oxygens (including phenoxy) is 2. The Morgan fingerprint density at radius 3 is 2.35 bits per heavy atom. The summed E-state index contributed by atoms with van der Waals surface area (Å²) in [6.07, 6.45) is 0. The van der Waals surface area contributed by atoms with Crippen molar-refractivity contribution in [3.05, 3.63) is 58.7 Å². The predicted octanol–water partition coefficient (Wildman–Crippen LogP) is 3.59. The van der Waals surface area contributed by atoms with Crippen LogP contribution in [0.25, 0.3) is 0 Å². The van der Waals surface area contributed by atoms with Gasteiger partial charge in [0.05, 0.1) is 14.2 Å². The van der Waals surface area contributed by atoms with Crippen molar-refractivity contribution in [1.82, 2.24) is 4.90 Å². The fourth-order valence-corrected chi connectivity index (χ4v) is 2.53. The van der Waals surface area contributed by atoms with Gasteiger partial charge in [-0.15, -0.1) is 0 Å². The van der Waals surface area contributed by atoms with Gasteiger partial charge in [-0.05, 0) is 37.6 Å². The third kappa shape index (κ3) is 3.83. The van der Waals surface area contributed by atoms with Gasteiger partial charge in [0.1, 0.15) is 11.5 Å². The zero-order valence-electron chi connectivity index (χ0n) is 14.3. The van der Waals surface area contributed by atoms with E-state index in [4.69, 9.17) is 9.47 Å². The average molecular weight is 313 g/mol. The van der Waals surface area contributed by atoms with E-state index in [9.17, 15) is 4.79 Å². The molecule has 0 saturated heterocycles. The number of hydrogen-bond donors (Lipinski definition) is 0. The maximum absolute atomic E-state index is 12.6. The number of aryl methyl sites for hydroxylation is 2. The summed E-state index contributed by atoms with van der Waals surface area (Å²) in [6, 6.07) is 11.5. The first-order valence-electron chi connectivity index (χ1n) is 7.50. The van der Waals surface area contributed by atoms with Gasteiger partial charge in [0.15, 0.2) is 0 Å². The normalized spacial score (nSPS) is 10.3. The van der Waals surface area contributed by atoms with Crippen molar-refractivity contribution in [2.45, 2.75) is 20.4 Å². The molecule has 0 N–H and O–H groups in total. The van der Waals surface area contributed by atoms with Gasteiger partial charge in [-0.2, -0.15) is 0 Å². The largest absolute Gasteiger partial charge is 0.496 e. The topological polar surface area (TPSA) is 38.8 Å². The molecule has 1 amide bonds. The van der Waals surface area contributed by atoms with Crippen LogP contribution in [0.2, 0.25) is 0 Å². The monoisotopic (exact) mass is 313 g/mol. The lowest BCUT2D eigenvalue weighted by atomic mass is 10.1. The number of amides is 1. The minimum atomic E-state index is -0.0492. The second kappa shape index (κ2) is 7.18. The molecule has 0 radical (unpaired) electrons. The SMILES string of the molecule is COc1cc(C(=O)N(C)Cc2cc(C)ccc2OC)ccc1C. The standard InChI is InChI=1S/C19H23NO3/c1-13-6-9-17(22-4)16(10-13)12-20(3)19(21)15-8-7-14(2)18(11-15)23-5/h6-11H,12H2,1-5H3. The molecule has 2 aromatic carbocycles. The Morgan fingerprint density at radius 2 is 1.70 bits per heavy atom. The Hall–Kier alpha value is -2.49. The summed E-state index contributed by atoms with van der Waals surface area (Å²) < 4.78 is 10.7. The lowest BCUT2D eigenvalue weighted by Gasteiger charge is -2.20. The Kier molecular flexibility index (Phi) is 5.27. The maximum Gasteiger partial charge on any atom is 0.254 e. The van der Waals surface area contributed by atoms with Gasteiger partial charge < -0.3 is 14.4 Å². The zero-order chi connectivity index (χ0) is 17.0. The summed E-state index contributed by atoms with van der Waals surface area (Å²) in [5.74, 6) is 1.46. The third-order valence-corrected chi connectivity index (χ3v) is 3.85. The first kappa shape index (κ1) is 16.9. The molecule has 0 aliphatic heterocycles. The third-order valence-electron chi connectivity index (χ3n) is 3.85. The molecule has 23 heavy (non-hydrogen) atoms. The van der Waals surface area contributed by atoms with Crippen molar-refractivity contribution in [2.75, 3.05) is 21.3 Å². The van der Waals surface area contributed by atoms with Crippen LogP contribution in [0, 0.1) is 13.8 Å². The van der Waals surface area contributed by atoms with Crippen LogP contribution in [0.5, 0.6) is 11.5 Å². The van der Waals surface area contributed by atoms with Gasteiger partial charge in [0.2, 0.25) is 0 Å². The zero-order valence-corrected chi connectivity index (χ0v) is 14.3. The van der Waals surface area contributed by atoms with E-state index in [0.717, 1.165) is 28.2 Å². The Labute approximate surface area is 137 Å². The second-order valence-corrected chi connectivity index (χ2v) is 5.66. The molecular formula is C19H23NO3. The summed E-state index contributed by atoms with van der Waals surface area (Å²) in [5.41, 5.74) is 3.75. The van der Waals surface area contributed by atoms with Gasteiger partial charge in [-0.1, -0.05) is 23.8 Å². The first-order valence-corrected chi connectivity index (χ1v) is 7.50. The molecule has 0 heterocycles. The van der Waals surface area contributed by atoms with Crippen molar-refractivity contribution in [3.8, 4) is 11.5 Å². The van der Waals surface area contributed by atoms with Crippen LogP contribution in [0.3, 0.4) is 0 Å². The van der Waals surface area contributed by atoms with E-state index in [-0.39, 0.29) is 5.91 Å². The maximum atomic E-state index is 12.6. The number of nitrogens with zero attached hydrogens (tertiary/aromatic N) is 1. The van der Waals surface area contributed by atoms with Crippen LogP contribution < -0.4 is 9.47 Å². The van der Waals surface area contributed by atoms with Gasteiger partial charge in [0, 0.05) is 24.7 Å². The molecule has 2 aromatic rings. The predicted molar refractivity (Wildman–Crippen MR) is 91.3 cm³/mol. The molecule has 0 atom stereocenters. The van der Waals surface area contributed by atoms with Crippen molar-refractivity contribution < 1.29 is 14.3 Å². The molecule has 0 saturated carbocycles. The number of hydrogen-bond acceptors (Lipinski definition) is 3. The van der Waals surface area contributed by atoms with Crippen molar-refractivity contribution in [2.24, 2.45) is 0 Å². The Morgan fingerprint density at radius 1 is 1.00 bits per heavy atom. The highest BCUT2D eigenvalue weighted by Crippen LogP contribution is 2.23. The van der Waals surface area contributed by atoms with E-state index >= 15 is 0 Å². The molecule has 0 fully saturated rings. The van der Waals surface area contributed by atoms with Crippen molar-refractivity contribution >= 4 is 5.91 Å². The molecule has 2 rings (SSSR count). The first-order chi connectivity index (χ1) is 11.0. The second-order valence-electron chi connectivity index (χ2n) is 5.66. The van der Waals surface area contributed by atoms with E-state index < -0.39 is 0 Å². The summed E-state index contributed by atoms with van der Waals surface area (Å²) in [4.78, 5) is 14.3. The molecule has 0 aliphatic carbocycles. The van der Waals surface area contributed by atoms with E-state index in [0.29, 0.717) is 12.1 Å². The number of carbonyl (C=O) groups excluding carboxylic acids is 1. The summed E-state index contributed by atoms with van der Waals surface area (Å²) in [5, 5.41) is 0. The Balaban J connectivity index is 2.22. The molecule has 0 bridgehead atoms. The van der Waals surface area contributed by atoms with Crippen LogP contribution >= 0.6 is 0 Å². The fraction of sp³-hybridized carbons (Fsp3) is 0.316. The van der Waals surface area contributed by atoms with E-state index in [1.807, 2.05) is 44.2 Å². The number of carbonyl (C=O) groups is 1. The van der Waals surface area contributed by atoms with Crippen LogP contribution in [-0.4, -0.2) is 32.1 Å².